The van der Waals surface area contributed by atoms with Crippen molar-refractivity contribution >= 4 is 136 Å². The minimum Gasteiger partial charge on any atom is -0.497 e. The van der Waals surface area contributed by atoms with Crippen LogP contribution in [0.25, 0.3) is 0 Å². The third-order valence-electron chi connectivity index (χ3n) is 21.8. The molecular formula is C92H153N23O24. The van der Waals surface area contributed by atoms with Gasteiger partial charge in [-0.1, -0.05) is 78.3 Å². The zero-order valence-corrected chi connectivity index (χ0v) is 84.9. The third kappa shape index (κ3) is 39.1. The van der Waals surface area contributed by atoms with Crippen molar-refractivity contribution < 1.29 is 122 Å². The maximum Gasteiger partial charge on any atom is 0.250 e. The molecule has 0 spiro atoms. The molecule has 1 saturated heterocycles. The highest BCUT2D eigenvalue weighted by Crippen LogP contribution is 2.31. The van der Waals surface area contributed by atoms with E-state index in [1.165, 1.54) is 150 Å². The van der Waals surface area contributed by atoms with Gasteiger partial charge in [-0.05, 0) is 207 Å². The molecule has 47 nitrogen and oxygen atoms in total. The lowest BCUT2D eigenvalue weighted by atomic mass is 9.97. The largest absolute Gasteiger partial charge is 0.497 e. The van der Waals surface area contributed by atoms with Crippen molar-refractivity contribution in [2.45, 2.75) is 368 Å². The van der Waals surface area contributed by atoms with Crippen LogP contribution in [-0.4, -0.2) is 388 Å². The highest BCUT2D eigenvalue weighted by Gasteiger charge is 2.44. The number of aliphatic hydroxyl groups excluding tert-OH is 23. The summed E-state index contributed by atoms with van der Waals surface area (Å²) in [7, 11) is 0. The van der Waals surface area contributed by atoms with Gasteiger partial charge in [0.05, 0.1) is 12.6 Å². The molecule has 0 saturated carbocycles. The van der Waals surface area contributed by atoms with Gasteiger partial charge in [0.15, 0.2) is 23.6 Å². The fourth-order valence-corrected chi connectivity index (χ4v) is 12.9. The van der Waals surface area contributed by atoms with E-state index in [1.54, 1.807) is 71.9 Å². The van der Waals surface area contributed by atoms with E-state index >= 15 is 0 Å². The molecule has 47 heteroatoms. The standard InChI is InChI=1S/C92H153N23O24/c1-28-49(6)65(105-80(136)87(16,17)109-70(126)57(38-41-62(95)120)103-79(135)89(20,21)113-81(137)90(22,23)108-67(123)51(8)98-77(133)86(14,15)107-66(122)50(7)97-76(132)85(12,13)106-52(9)117)74(130)112-84(10,11)75(131)96-45-63(121)100-58(43-47(2)3)71(127)110-92(26,27)83(139)115-42-32-35-59(115)72(128)104-64(48(4)5)73(129)111-91(24,25)82(138)114-88(18,19)78(134)102-56(37-40-61(94)119)69(125)101-55(36-39-60(93)118)68(124)99-54(46-116)44-53-33-30-29-31-34-53/h29-31,33-34,47-51,54-59,64-65,116H,28,32,35-46H2,1-27H3,(H2,93,118)(H2,94,119)(H2,95,120)(H,96,131)(H,97,132)(H,98,133)(H,99,124)(H,100,121)(H,101,125)(H,102,134)(H,103,135)(H,104,128)(H,105,136)(H,106,117)(H,107,122)(H,108,123)(H,109,126)(H,110,127)(H,111,129)(H,112,130)(H,113,137)(H,114,138). The maximum absolute atomic E-state index is 14.6. The van der Waals surface area contributed by atoms with E-state index in [-0.39, 0.29) is 63.3 Å². The molecule has 1 aliphatic heterocycles. The van der Waals surface area contributed by atoms with Gasteiger partial charge in [-0.3, -0.25) is 21.0 Å². The van der Waals surface area contributed by atoms with E-state index in [9.17, 15) is 122 Å². The van der Waals surface area contributed by atoms with Crippen LogP contribution in [0.3, 0.4) is 0 Å². The van der Waals surface area contributed by atoms with E-state index in [4.69, 9.17) is 16.2 Å². The summed E-state index contributed by atoms with van der Waals surface area (Å²) in [5.41, 5.74) is -15.1. The van der Waals surface area contributed by atoms with Crippen LogP contribution in [0.4, 0.5) is 0 Å². The Morgan fingerprint density at radius 3 is 1.17 bits per heavy atom. The monoisotopic (exact) mass is 1960 g/mol. The number of amides is 1. The fourth-order valence-electron chi connectivity index (χ4n) is 12.9. The Morgan fingerprint density at radius 2 is 0.755 bits per heavy atom. The molecule has 11 atom stereocenters. The average Bonchev–Trinajstić information content (AvgIpc) is 1.68. The molecule has 2 rings (SSSR count). The zero-order chi connectivity index (χ0) is 107. The molecule has 1 heterocycles. The highest BCUT2D eigenvalue weighted by atomic mass is 16.3. The number of aliphatic imine (C=N–C) groups is 19. The van der Waals surface area contributed by atoms with E-state index in [0.29, 0.717) is 12.8 Å². The minimum absolute atomic E-state index is 0.0452. The molecular weight excluding hydrogens is 1810 g/mol. The van der Waals surface area contributed by atoms with Crippen LogP contribution in [-0.2, 0) is 11.2 Å². The lowest BCUT2D eigenvalue weighted by molar-refractivity contribution is -0.135. The molecule has 11 unspecified atom stereocenters. The Morgan fingerprint density at radius 1 is 0.396 bits per heavy atom. The molecule has 0 radical (unpaired) electrons. The van der Waals surface area contributed by atoms with Gasteiger partial charge < -0.3 is 122 Å². The molecule has 26 N–H and O–H groups in total. The molecule has 1 fully saturated rings. The number of hydrogen-bond donors (Lipinski definition) is 26. The molecule has 1 aliphatic rings. The Kier molecular flexibility index (Phi) is 45.3. The van der Waals surface area contributed by atoms with Gasteiger partial charge in [-0.15, -0.1) is 0 Å². The van der Waals surface area contributed by atoms with Gasteiger partial charge in [0.25, 0.3) is 5.91 Å². The van der Waals surface area contributed by atoms with Gasteiger partial charge in [0.2, 0.25) is 106 Å². The summed E-state index contributed by atoms with van der Waals surface area (Å²) < 4.78 is 0. The summed E-state index contributed by atoms with van der Waals surface area (Å²) in [5.74, 6) is -18.2. The van der Waals surface area contributed by atoms with E-state index in [1.807, 2.05) is 0 Å². The van der Waals surface area contributed by atoms with Crippen LogP contribution in [0.1, 0.15) is 257 Å². The Labute approximate surface area is 811 Å². The molecule has 139 heavy (non-hydrogen) atoms. The number of benzene rings is 1. The number of nitrogens with one attached hydrogen (secondary N) is 3. The molecule has 1 aromatic carbocycles. The van der Waals surface area contributed by atoms with Crippen molar-refractivity contribution in [1.29, 1.82) is 16.2 Å². The first-order valence-corrected chi connectivity index (χ1v) is 45.5. The highest BCUT2D eigenvalue weighted by molar-refractivity contribution is 6.01. The summed E-state index contributed by atoms with van der Waals surface area (Å²) in [6, 6.07) is -4.14. The first-order valence-electron chi connectivity index (χ1n) is 45.5. The summed E-state index contributed by atoms with van der Waals surface area (Å²) >= 11 is 0. The van der Waals surface area contributed by atoms with Crippen molar-refractivity contribution in [3.05, 3.63) is 35.9 Å². The third-order valence-corrected chi connectivity index (χ3v) is 21.8. The Bertz CT molecular complexity index is 5000. The Hall–Kier alpha value is -13.0. The number of nitrogens with zero attached hydrogens (tertiary/aromatic N) is 20. The quantitative estimate of drug-likeness (QED) is 0.0213. The van der Waals surface area contributed by atoms with Crippen LogP contribution in [0.5, 0.6) is 0 Å². The number of carbonyl (C=O) groups is 1. The molecule has 780 valence electrons. The second kappa shape index (κ2) is 51.6. The molecule has 0 aliphatic carbocycles. The van der Waals surface area contributed by atoms with Gasteiger partial charge in [-0.2, -0.15) is 0 Å². The van der Waals surface area contributed by atoms with E-state index in [2.05, 4.69) is 94.9 Å². The van der Waals surface area contributed by atoms with Crippen LogP contribution >= 0.6 is 0 Å². The van der Waals surface area contributed by atoms with Gasteiger partial charge in [0, 0.05) is 32.7 Å². The van der Waals surface area contributed by atoms with Gasteiger partial charge in [0.1, 0.15) is 111 Å². The maximum atomic E-state index is 14.6. The summed E-state index contributed by atoms with van der Waals surface area (Å²) in [5, 5.41) is 278. The predicted octanol–water partition coefficient (Wildman–Crippen LogP) is 14.5. The van der Waals surface area contributed by atoms with Crippen LogP contribution in [0, 0.1) is 34.0 Å². The van der Waals surface area contributed by atoms with Gasteiger partial charge in [-0.25, -0.2) is 94.9 Å². The molecule has 1 amide bonds. The average molecular weight is 1970 g/mol. The number of rotatable bonds is 55. The van der Waals surface area contributed by atoms with Crippen LogP contribution in [0.15, 0.2) is 125 Å². The first kappa shape index (κ1) is 122. The first-order chi connectivity index (χ1) is 63.5. The molecule has 1 aromatic rings. The number of likely N-dealkylation sites (tertiary alicyclic amines) is 1. The normalized spacial score (nSPS) is 18.9. The van der Waals surface area contributed by atoms with E-state index in [0.717, 1.165) is 5.56 Å². The zero-order valence-electron chi connectivity index (χ0n) is 84.9. The molecule has 0 bridgehead atoms. The summed E-state index contributed by atoms with van der Waals surface area (Å²) in [6.07, 6.45) is -1.13. The van der Waals surface area contributed by atoms with Crippen LogP contribution < -0.4 is 0 Å². The second-order valence-corrected chi connectivity index (χ2v) is 39.5. The summed E-state index contributed by atoms with van der Waals surface area (Å²) in [6.45, 7) is 37.5. The number of carbonyl (C=O) groups excluding carboxylic acids is 1. The number of aliphatic hydroxyl groups is 23. The lowest BCUT2D eigenvalue weighted by Crippen LogP contribution is -2.50. The smallest absolute Gasteiger partial charge is 0.250 e. The second-order valence-electron chi connectivity index (χ2n) is 39.5. The fraction of sp³-hybridized carbons (Fsp3) is 0.685. The summed E-state index contributed by atoms with van der Waals surface area (Å²) in [4.78, 5) is 95.9. The van der Waals surface area contributed by atoms with E-state index < -0.39 is 278 Å². The van der Waals surface area contributed by atoms with Crippen molar-refractivity contribution in [2.75, 3.05) is 19.7 Å². The SMILES string of the molecule is CCC(C)C(N=C(O)C(C)(C)N=C(O)C(CCC(=N)O)N=C(O)C(C)(C)N=C(O)C(C)(C)N=C(O)C(C)N=C(O)C(C)(C)N=C(O)C(C)N=C(O)C(C)(C)N=C(C)O)C(O)=NC(C)(C)C(O)=NCC(O)=NC(CC(C)C)C(O)=NC(C)(C)C(=O)N1CCCC1C(O)=NC(C(O)=NC(C)(C)C(O)=NC(C)(C)C(O)=NC(CCC(=N)O)C(O)=NC(CCC(=N)O)C(O)=NC(CO)Cc1ccccc1)C(C)C. The predicted molar refractivity (Wildman–Crippen MR) is 548 cm³/mol. The van der Waals surface area contributed by atoms with Crippen molar-refractivity contribution in [2.24, 2.45) is 113 Å². The van der Waals surface area contributed by atoms with Gasteiger partial charge >= 0.3 is 0 Å². The van der Waals surface area contributed by atoms with Crippen molar-refractivity contribution in [3.8, 4) is 0 Å². The van der Waals surface area contributed by atoms with Crippen molar-refractivity contribution in [1.82, 2.24) is 4.90 Å². The lowest BCUT2D eigenvalue weighted by Gasteiger charge is -2.31. The van der Waals surface area contributed by atoms with Crippen molar-refractivity contribution in [3.63, 3.8) is 0 Å². The van der Waals surface area contributed by atoms with Crippen LogP contribution in [0.2, 0.25) is 0 Å². The number of hydrogen-bond acceptors (Lipinski definition) is 24. The minimum atomic E-state index is -1.89. The molecule has 0 aromatic heterocycles. The topological polar surface area (TPSA) is 792 Å². The Balaban J connectivity index is 2.56.